The molecule has 0 atom stereocenters. The van der Waals surface area contributed by atoms with Gasteiger partial charge in [0, 0.05) is 35.5 Å². The van der Waals surface area contributed by atoms with E-state index in [9.17, 15) is 9.59 Å². The fourth-order valence-electron chi connectivity index (χ4n) is 2.23. The van der Waals surface area contributed by atoms with Gasteiger partial charge in [0.15, 0.2) is 11.6 Å². The van der Waals surface area contributed by atoms with Crippen LogP contribution in [0.2, 0.25) is 0 Å². The molecule has 0 saturated heterocycles. The molecule has 126 valence electrons. The molecule has 0 unspecified atom stereocenters. The summed E-state index contributed by atoms with van der Waals surface area (Å²) in [5.41, 5.74) is 2.15. The molecule has 3 aliphatic carbocycles. The van der Waals surface area contributed by atoms with Crippen LogP contribution in [0.15, 0.2) is 72.5 Å². The molecular formula is C19H15FeN3O2. The van der Waals surface area contributed by atoms with Crippen LogP contribution < -0.4 is 0 Å². The second-order valence-electron chi connectivity index (χ2n) is 5.21. The molecule has 2 radical (unpaired) electrons. The van der Waals surface area contributed by atoms with Crippen LogP contribution in [0.3, 0.4) is 0 Å². The Hall–Kier alpha value is -2.56. The first-order valence-corrected chi connectivity index (χ1v) is 7.48. The van der Waals surface area contributed by atoms with Gasteiger partial charge in [-0.1, -0.05) is 47.7 Å². The summed E-state index contributed by atoms with van der Waals surface area (Å²) < 4.78 is 1.55. The monoisotopic (exact) mass is 373 g/mol. The molecule has 3 aliphatic rings. The van der Waals surface area contributed by atoms with Gasteiger partial charge in [-0.15, -0.1) is 5.10 Å². The Balaban J connectivity index is 0.000000325. The minimum atomic E-state index is -0.175. The Morgan fingerprint density at radius 2 is 1.72 bits per heavy atom. The summed E-state index contributed by atoms with van der Waals surface area (Å²) >= 11 is 0. The van der Waals surface area contributed by atoms with Crippen LogP contribution >= 0.6 is 0 Å². The molecule has 5 nitrogen and oxygen atoms in total. The Morgan fingerprint density at radius 3 is 2.36 bits per heavy atom. The van der Waals surface area contributed by atoms with Crippen LogP contribution in [-0.4, -0.2) is 26.6 Å². The molecule has 0 aliphatic heterocycles. The molecule has 0 bridgehead atoms. The number of carbonyl (C=O) groups is 2. The molecule has 4 rings (SSSR count). The summed E-state index contributed by atoms with van der Waals surface area (Å²) in [5, 5.41) is 8.00. The van der Waals surface area contributed by atoms with Crippen LogP contribution in [0.1, 0.15) is 5.69 Å². The first kappa shape index (κ1) is 18.8. The van der Waals surface area contributed by atoms with Crippen molar-refractivity contribution in [3.8, 4) is 0 Å². The van der Waals surface area contributed by atoms with Gasteiger partial charge in [0.05, 0.1) is 12.7 Å². The number of allylic oxidation sites excluding steroid dienone is 12. The third-order valence-corrected chi connectivity index (χ3v) is 3.42. The molecule has 0 amide bonds. The summed E-state index contributed by atoms with van der Waals surface area (Å²) in [4.78, 5) is 22.9. The number of hydrogen-bond donors (Lipinski definition) is 0. The van der Waals surface area contributed by atoms with E-state index in [1.165, 1.54) is 18.2 Å². The number of nitrogens with zero attached hydrogens (tertiary/aromatic N) is 3. The van der Waals surface area contributed by atoms with E-state index >= 15 is 0 Å². The minimum absolute atomic E-state index is 0. The Kier molecular flexibility index (Phi) is 6.80. The maximum absolute atomic E-state index is 11.6. The van der Waals surface area contributed by atoms with Crippen molar-refractivity contribution in [2.45, 2.75) is 6.54 Å². The average molecular weight is 373 g/mol. The standard InChI is InChI=1S/C14H10N3O2.C5H5.Fe/c18-12-5-6-14(19)11(7-12)8-17-9-13(15-16-17)10-3-1-2-4-10;1-2-4-5-3-1;/h1-7,9H,8H2;1-5H;. The molecule has 1 aromatic rings. The van der Waals surface area contributed by atoms with Gasteiger partial charge in [0.2, 0.25) is 0 Å². The molecule has 0 aromatic carbocycles. The molecule has 0 fully saturated rings. The van der Waals surface area contributed by atoms with E-state index in [0.717, 1.165) is 11.3 Å². The van der Waals surface area contributed by atoms with Gasteiger partial charge in [-0.05, 0) is 23.8 Å². The van der Waals surface area contributed by atoms with Crippen LogP contribution in [0, 0.1) is 12.8 Å². The summed E-state index contributed by atoms with van der Waals surface area (Å²) in [7, 11) is 0. The van der Waals surface area contributed by atoms with Gasteiger partial charge in [0.1, 0.15) is 5.69 Å². The SMILES string of the molecule is O=C1C=CC(=O)C(Cn2cc(C3=C[CH]C=C3)nn2)=C1.[CH]1C=CC=C1.[Fe]. The second kappa shape index (κ2) is 9.06. The Morgan fingerprint density at radius 1 is 0.920 bits per heavy atom. The number of carbonyl (C=O) groups excluding carboxylic acids is 2. The zero-order valence-electron chi connectivity index (χ0n) is 13.2. The van der Waals surface area contributed by atoms with E-state index in [2.05, 4.69) is 10.3 Å². The fourth-order valence-corrected chi connectivity index (χ4v) is 2.23. The molecule has 0 spiro atoms. The number of hydrogen-bond acceptors (Lipinski definition) is 4. The predicted molar refractivity (Wildman–Crippen MR) is 91.3 cm³/mol. The number of rotatable bonds is 3. The van der Waals surface area contributed by atoms with E-state index < -0.39 is 0 Å². The van der Waals surface area contributed by atoms with Crippen molar-refractivity contribution in [3.05, 3.63) is 91.1 Å². The van der Waals surface area contributed by atoms with Gasteiger partial charge in [-0.25, -0.2) is 4.68 Å². The molecule has 1 heterocycles. The zero-order chi connectivity index (χ0) is 16.8. The van der Waals surface area contributed by atoms with Gasteiger partial charge >= 0.3 is 0 Å². The van der Waals surface area contributed by atoms with Gasteiger partial charge in [-0.2, -0.15) is 0 Å². The minimum Gasteiger partial charge on any atom is -0.290 e. The van der Waals surface area contributed by atoms with E-state index in [0.29, 0.717) is 5.57 Å². The summed E-state index contributed by atoms with van der Waals surface area (Å²) in [6.45, 7) is 0.253. The molecule has 25 heavy (non-hydrogen) atoms. The first-order chi connectivity index (χ1) is 11.7. The fraction of sp³-hybridized carbons (Fsp3) is 0.0526. The van der Waals surface area contributed by atoms with Crippen molar-refractivity contribution in [3.63, 3.8) is 0 Å². The summed E-state index contributed by atoms with van der Waals surface area (Å²) in [6, 6.07) is 0. The van der Waals surface area contributed by atoms with Crippen LogP contribution in [-0.2, 0) is 33.2 Å². The zero-order valence-corrected chi connectivity index (χ0v) is 14.3. The van der Waals surface area contributed by atoms with Gasteiger partial charge < -0.3 is 0 Å². The van der Waals surface area contributed by atoms with Gasteiger partial charge in [-0.3, -0.25) is 9.59 Å². The van der Waals surface area contributed by atoms with E-state index in [4.69, 9.17) is 0 Å². The van der Waals surface area contributed by atoms with E-state index in [1.807, 2.05) is 55.4 Å². The number of ketones is 2. The van der Waals surface area contributed by atoms with Crippen molar-refractivity contribution in [2.24, 2.45) is 0 Å². The maximum atomic E-state index is 11.6. The van der Waals surface area contributed by atoms with E-state index in [1.54, 1.807) is 10.9 Å². The van der Waals surface area contributed by atoms with Crippen molar-refractivity contribution < 1.29 is 26.7 Å². The largest absolute Gasteiger partial charge is 0.290 e. The quantitative estimate of drug-likeness (QED) is 0.603. The second-order valence-corrected chi connectivity index (χ2v) is 5.21. The van der Waals surface area contributed by atoms with Crippen molar-refractivity contribution in [2.75, 3.05) is 0 Å². The topological polar surface area (TPSA) is 64.8 Å². The molecular weight excluding hydrogens is 358 g/mol. The van der Waals surface area contributed by atoms with E-state index in [-0.39, 0.29) is 35.2 Å². The normalized spacial score (nSPS) is 17.1. The van der Waals surface area contributed by atoms with Crippen molar-refractivity contribution in [1.29, 1.82) is 0 Å². The number of aromatic nitrogens is 3. The Labute approximate surface area is 156 Å². The molecule has 0 N–H and O–H groups in total. The van der Waals surface area contributed by atoms with Crippen molar-refractivity contribution >= 4 is 17.1 Å². The molecule has 6 heteroatoms. The maximum Gasteiger partial charge on any atom is 0.183 e. The summed E-state index contributed by atoms with van der Waals surface area (Å²) in [6.07, 6.45) is 23.4. The van der Waals surface area contributed by atoms with Crippen LogP contribution in [0.25, 0.3) is 5.57 Å². The predicted octanol–water partition coefficient (Wildman–Crippen LogP) is 2.38. The smallest absolute Gasteiger partial charge is 0.183 e. The van der Waals surface area contributed by atoms with Crippen molar-refractivity contribution in [1.82, 2.24) is 15.0 Å². The Bertz CT molecular complexity index is 829. The third-order valence-electron chi connectivity index (χ3n) is 3.42. The summed E-state index contributed by atoms with van der Waals surface area (Å²) in [5.74, 6) is -0.337. The molecule has 0 saturated carbocycles. The van der Waals surface area contributed by atoms with Gasteiger partial charge in [0.25, 0.3) is 0 Å². The van der Waals surface area contributed by atoms with Crippen LogP contribution in [0.4, 0.5) is 0 Å². The first-order valence-electron chi connectivity index (χ1n) is 7.48. The molecule has 1 aromatic heterocycles. The van der Waals surface area contributed by atoms with Crippen LogP contribution in [0.5, 0.6) is 0 Å². The third kappa shape index (κ3) is 5.21. The average Bonchev–Trinajstić information content (AvgIpc) is 3.34.